The van der Waals surface area contributed by atoms with E-state index in [9.17, 15) is 0 Å². The number of nitrogens with zero attached hydrogens (tertiary/aromatic N) is 2. The molecule has 0 N–H and O–H groups in total. The molecule has 0 saturated carbocycles. The minimum absolute atomic E-state index is 1.05. The molecule has 0 radical (unpaired) electrons. The summed E-state index contributed by atoms with van der Waals surface area (Å²) >= 11 is 0. The fourth-order valence-corrected chi connectivity index (χ4v) is 1.71. The van der Waals surface area contributed by atoms with Gasteiger partial charge in [0.05, 0.1) is 5.70 Å². The van der Waals surface area contributed by atoms with Gasteiger partial charge in [0.2, 0.25) is 0 Å². The van der Waals surface area contributed by atoms with Crippen LogP contribution >= 0.6 is 0 Å². The molecule has 0 aromatic heterocycles. The minimum Gasteiger partial charge on any atom is -0.297 e. The minimum atomic E-state index is 1.05. The highest BCUT2D eigenvalue weighted by Crippen LogP contribution is 2.17. The summed E-state index contributed by atoms with van der Waals surface area (Å²) in [7, 11) is 0. The lowest BCUT2D eigenvalue weighted by Gasteiger charge is -2.27. The topological polar surface area (TPSA) is 15.6 Å². The molecule has 13 heavy (non-hydrogen) atoms. The molecule has 0 bridgehead atoms. The zero-order valence-corrected chi connectivity index (χ0v) is 9.01. The molecule has 1 heterocycles. The lowest BCUT2D eigenvalue weighted by Crippen LogP contribution is -2.31. The summed E-state index contributed by atoms with van der Waals surface area (Å²) in [6.45, 7) is 9.88. The first-order valence-electron chi connectivity index (χ1n) is 5.17. The maximum absolute atomic E-state index is 4.41. The van der Waals surface area contributed by atoms with Gasteiger partial charge in [0, 0.05) is 19.3 Å². The van der Waals surface area contributed by atoms with Crippen LogP contribution in [0.2, 0.25) is 0 Å². The molecule has 0 fully saturated rings. The van der Waals surface area contributed by atoms with Gasteiger partial charge in [-0.25, -0.2) is 0 Å². The van der Waals surface area contributed by atoms with E-state index in [1.165, 1.54) is 37.2 Å². The van der Waals surface area contributed by atoms with Crippen LogP contribution in [-0.2, 0) is 0 Å². The van der Waals surface area contributed by atoms with Crippen molar-refractivity contribution in [3.8, 4) is 0 Å². The summed E-state index contributed by atoms with van der Waals surface area (Å²) in [4.78, 5) is 6.89. The lowest BCUT2D eigenvalue weighted by molar-refractivity contribution is 0.285. The molecule has 0 atom stereocenters. The van der Waals surface area contributed by atoms with E-state index in [0.29, 0.717) is 0 Å². The molecule has 0 amide bonds. The zero-order chi connectivity index (χ0) is 9.68. The number of aliphatic imine (C=N–C) groups is 1. The van der Waals surface area contributed by atoms with E-state index in [1.54, 1.807) is 0 Å². The van der Waals surface area contributed by atoms with Crippen molar-refractivity contribution in [3.63, 3.8) is 0 Å². The van der Waals surface area contributed by atoms with Crippen LogP contribution in [0.1, 0.15) is 33.6 Å². The van der Waals surface area contributed by atoms with Crippen LogP contribution in [0.5, 0.6) is 0 Å². The van der Waals surface area contributed by atoms with E-state index in [0.717, 1.165) is 6.54 Å². The normalized spacial score (nSPS) is 20.2. The van der Waals surface area contributed by atoms with E-state index in [-0.39, 0.29) is 0 Å². The molecule has 0 spiro atoms. The van der Waals surface area contributed by atoms with Crippen molar-refractivity contribution in [2.24, 2.45) is 4.99 Å². The second-order valence-corrected chi connectivity index (χ2v) is 3.64. The highest BCUT2D eigenvalue weighted by atomic mass is 15.1. The largest absolute Gasteiger partial charge is 0.297 e. The van der Waals surface area contributed by atoms with Crippen molar-refractivity contribution in [1.82, 2.24) is 4.90 Å². The van der Waals surface area contributed by atoms with Gasteiger partial charge >= 0.3 is 0 Å². The van der Waals surface area contributed by atoms with E-state index in [2.05, 4.69) is 23.7 Å². The van der Waals surface area contributed by atoms with Crippen LogP contribution in [0.4, 0.5) is 0 Å². The van der Waals surface area contributed by atoms with Gasteiger partial charge in [-0.1, -0.05) is 6.92 Å². The monoisotopic (exact) mass is 180 g/mol. The maximum Gasteiger partial charge on any atom is 0.0529 e. The summed E-state index contributed by atoms with van der Waals surface area (Å²) in [6.07, 6.45) is 4.32. The molecular formula is C11H20N2. The van der Waals surface area contributed by atoms with Crippen LogP contribution in [0.3, 0.4) is 0 Å². The predicted molar refractivity (Wildman–Crippen MR) is 58.2 cm³/mol. The third kappa shape index (κ3) is 2.96. The molecule has 2 heteroatoms. The molecule has 1 aliphatic heterocycles. The van der Waals surface area contributed by atoms with Crippen molar-refractivity contribution in [1.29, 1.82) is 0 Å². The maximum atomic E-state index is 4.41. The molecule has 0 aliphatic carbocycles. The van der Waals surface area contributed by atoms with E-state index >= 15 is 0 Å². The van der Waals surface area contributed by atoms with Crippen LogP contribution in [-0.4, -0.2) is 30.7 Å². The SMILES string of the molecule is CC=NC1=C(C)CCN(CCC)C1. The van der Waals surface area contributed by atoms with Crippen LogP contribution in [0.15, 0.2) is 16.3 Å². The van der Waals surface area contributed by atoms with Crippen LogP contribution in [0, 0.1) is 0 Å². The van der Waals surface area contributed by atoms with Crippen LogP contribution < -0.4 is 0 Å². The average Bonchev–Trinajstić information content (AvgIpc) is 2.12. The van der Waals surface area contributed by atoms with Gasteiger partial charge in [0.25, 0.3) is 0 Å². The predicted octanol–water partition coefficient (Wildman–Crippen LogP) is 2.47. The van der Waals surface area contributed by atoms with Gasteiger partial charge < -0.3 is 0 Å². The fourth-order valence-electron chi connectivity index (χ4n) is 1.71. The molecule has 0 saturated heterocycles. The second kappa shape index (κ2) is 5.18. The summed E-state index contributed by atoms with van der Waals surface area (Å²) in [5.41, 5.74) is 2.74. The Labute approximate surface area is 81.3 Å². The van der Waals surface area contributed by atoms with Crippen LogP contribution in [0.25, 0.3) is 0 Å². The Hall–Kier alpha value is -0.630. The van der Waals surface area contributed by atoms with Gasteiger partial charge in [-0.2, -0.15) is 0 Å². The van der Waals surface area contributed by atoms with Gasteiger partial charge in [0.1, 0.15) is 0 Å². The Morgan fingerprint density at radius 3 is 2.92 bits per heavy atom. The van der Waals surface area contributed by atoms with Gasteiger partial charge in [-0.15, -0.1) is 0 Å². The molecule has 0 aromatic carbocycles. The highest BCUT2D eigenvalue weighted by Gasteiger charge is 2.14. The summed E-state index contributed by atoms with van der Waals surface area (Å²) in [6, 6.07) is 0. The summed E-state index contributed by atoms with van der Waals surface area (Å²) in [5, 5.41) is 0. The van der Waals surface area contributed by atoms with Crippen molar-refractivity contribution in [2.45, 2.75) is 33.6 Å². The first-order chi connectivity index (χ1) is 6.27. The van der Waals surface area contributed by atoms with Crippen molar-refractivity contribution in [2.75, 3.05) is 19.6 Å². The van der Waals surface area contributed by atoms with Gasteiger partial charge in [0.15, 0.2) is 0 Å². The molecular weight excluding hydrogens is 160 g/mol. The molecule has 0 unspecified atom stereocenters. The molecule has 1 rings (SSSR count). The highest BCUT2D eigenvalue weighted by molar-refractivity contribution is 5.55. The Bertz CT molecular complexity index is 216. The zero-order valence-electron chi connectivity index (χ0n) is 9.01. The van der Waals surface area contributed by atoms with Crippen molar-refractivity contribution < 1.29 is 0 Å². The van der Waals surface area contributed by atoms with E-state index in [1.807, 2.05) is 13.1 Å². The Morgan fingerprint density at radius 1 is 1.54 bits per heavy atom. The second-order valence-electron chi connectivity index (χ2n) is 3.64. The number of hydrogen-bond donors (Lipinski definition) is 0. The standard InChI is InChI=1S/C11H20N2/c1-4-7-13-8-6-10(3)11(9-13)12-5-2/h5H,4,6-9H2,1-3H3. The molecule has 1 aliphatic rings. The quantitative estimate of drug-likeness (QED) is 0.609. The third-order valence-corrected chi connectivity index (χ3v) is 2.49. The number of hydrogen-bond acceptors (Lipinski definition) is 2. The average molecular weight is 180 g/mol. The molecule has 74 valence electrons. The fraction of sp³-hybridized carbons (Fsp3) is 0.727. The number of rotatable bonds is 3. The van der Waals surface area contributed by atoms with E-state index in [4.69, 9.17) is 0 Å². The summed E-state index contributed by atoms with van der Waals surface area (Å²) < 4.78 is 0. The van der Waals surface area contributed by atoms with E-state index < -0.39 is 0 Å². The van der Waals surface area contributed by atoms with Crippen molar-refractivity contribution in [3.05, 3.63) is 11.3 Å². The third-order valence-electron chi connectivity index (χ3n) is 2.49. The van der Waals surface area contributed by atoms with Gasteiger partial charge in [-0.3, -0.25) is 9.89 Å². The smallest absolute Gasteiger partial charge is 0.0529 e. The Kier molecular flexibility index (Phi) is 4.16. The van der Waals surface area contributed by atoms with Gasteiger partial charge in [-0.05, 0) is 38.8 Å². The Balaban J connectivity index is 2.59. The Morgan fingerprint density at radius 2 is 2.31 bits per heavy atom. The molecule has 2 nitrogen and oxygen atoms in total. The lowest BCUT2D eigenvalue weighted by atomic mass is 10.1. The first kappa shape index (κ1) is 10.5. The summed E-state index contributed by atoms with van der Waals surface area (Å²) in [5.74, 6) is 0. The van der Waals surface area contributed by atoms with Crippen molar-refractivity contribution >= 4 is 6.21 Å². The molecule has 0 aromatic rings. The first-order valence-corrected chi connectivity index (χ1v) is 5.17.